The van der Waals surface area contributed by atoms with E-state index in [0.29, 0.717) is 18.7 Å². The minimum Gasteiger partial charge on any atom is -0.457 e. The van der Waals surface area contributed by atoms with Gasteiger partial charge in [-0.2, -0.15) is 0 Å². The molecule has 0 radical (unpaired) electrons. The first-order valence-electron chi connectivity index (χ1n) is 14.1. The molecule has 9 heteroatoms. The predicted molar refractivity (Wildman–Crippen MR) is 160 cm³/mol. The summed E-state index contributed by atoms with van der Waals surface area (Å²) in [5.74, 6) is 0.553. The Hall–Kier alpha value is -4.21. The van der Waals surface area contributed by atoms with E-state index < -0.39 is 0 Å². The van der Waals surface area contributed by atoms with E-state index in [4.69, 9.17) is 9.72 Å². The average molecular weight is 553 g/mol. The third-order valence-electron chi connectivity index (χ3n) is 7.88. The van der Waals surface area contributed by atoms with E-state index in [2.05, 4.69) is 34.5 Å². The van der Waals surface area contributed by atoms with E-state index in [1.807, 2.05) is 66.2 Å². The molecule has 1 saturated heterocycles. The summed E-state index contributed by atoms with van der Waals surface area (Å²) in [5, 5.41) is 0. The molecule has 0 amide bonds. The second kappa shape index (κ2) is 11.3. The van der Waals surface area contributed by atoms with Gasteiger partial charge in [0.1, 0.15) is 11.9 Å². The van der Waals surface area contributed by atoms with E-state index >= 15 is 0 Å². The van der Waals surface area contributed by atoms with Crippen molar-refractivity contribution in [1.29, 1.82) is 0 Å². The summed E-state index contributed by atoms with van der Waals surface area (Å²) in [6.07, 6.45) is 0.798. The maximum atomic E-state index is 13.9. The molecule has 0 spiro atoms. The molecule has 1 unspecified atom stereocenters. The van der Waals surface area contributed by atoms with Crippen molar-refractivity contribution < 1.29 is 9.53 Å². The highest BCUT2D eigenvalue weighted by molar-refractivity contribution is 5.89. The van der Waals surface area contributed by atoms with Crippen LogP contribution in [0.2, 0.25) is 0 Å². The minimum atomic E-state index is -0.303. The number of rotatable bonds is 9. The number of ether oxygens (including phenoxy) is 1. The van der Waals surface area contributed by atoms with Crippen molar-refractivity contribution in [3.05, 3.63) is 100 Å². The molecular weight excluding hydrogens is 516 g/mol. The number of aromatic nitrogens is 4. The van der Waals surface area contributed by atoms with Gasteiger partial charge in [-0.25, -0.2) is 14.6 Å². The van der Waals surface area contributed by atoms with E-state index in [0.717, 1.165) is 66.1 Å². The number of imidazole rings is 2. The maximum absolute atomic E-state index is 13.9. The molecule has 3 heterocycles. The highest BCUT2D eigenvalue weighted by Gasteiger charge is 2.24. The van der Waals surface area contributed by atoms with Crippen molar-refractivity contribution in [1.82, 2.24) is 28.5 Å². The fourth-order valence-electron chi connectivity index (χ4n) is 5.65. The summed E-state index contributed by atoms with van der Waals surface area (Å²) >= 11 is 0. The quantitative estimate of drug-likeness (QED) is 0.260. The van der Waals surface area contributed by atoms with Gasteiger partial charge in [0.2, 0.25) is 0 Å². The minimum absolute atomic E-state index is 0.0621. The lowest BCUT2D eigenvalue weighted by Crippen LogP contribution is -2.27. The molecule has 1 aliphatic heterocycles. The number of carbonyl (C=O) groups is 1. The molecule has 212 valence electrons. The fraction of sp³-hybridized carbons (Fsp3) is 0.344. The first kappa shape index (κ1) is 27.0. The summed E-state index contributed by atoms with van der Waals surface area (Å²) in [6, 6.07) is 23.4. The highest BCUT2D eigenvalue weighted by atomic mass is 16.5. The summed E-state index contributed by atoms with van der Waals surface area (Å²) in [5.41, 5.74) is 5.09. The van der Waals surface area contributed by atoms with Crippen molar-refractivity contribution in [3.8, 4) is 0 Å². The molecule has 0 bridgehead atoms. The third kappa shape index (κ3) is 5.55. The van der Waals surface area contributed by atoms with Gasteiger partial charge in [-0.3, -0.25) is 9.13 Å². The summed E-state index contributed by atoms with van der Waals surface area (Å²) in [7, 11) is 6.14. The Morgan fingerprint density at radius 1 is 0.902 bits per heavy atom. The number of nitrogens with zero attached hydrogens (tertiary/aromatic N) is 6. The molecule has 9 nitrogen and oxygen atoms in total. The molecule has 6 rings (SSSR count). The number of hydrogen-bond donors (Lipinski definition) is 0. The molecule has 1 atom stereocenters. The van der Waals surface area contributed by atoms with Crippen molar-refractivity contribution in [2.45, 2.75) is 32.2 Å². The van der Waals surface area contributed by atoms with Gasteiger partial charge in [-0.15, -0.1) is 0 Å². The Bertz CT molecular complexity index is 1750. The Morgan fingerprint density at radius 3 is 2.22 bits per heavy atom. The largest absolute Gasteiger partial charge is 0.457 e. The lowest BCUT2D eigenvalue weighted by atomic mass is 10.1. The fourth-order valence-corrected chi connectivity index (χ4v) is 5.65. The number of carbonyl (C=O) groups excluding carboxylic acids is 1. The van der Waals surface area contributed by atoms with Gasteiger partial charge in [-0.05, 0) is 69.5 Å². The zero-order valence-corrected chi connectivity index (χ0v) is 23.9. The van der Waals surface area contributed by atoms with Gasteiger partial charge in [0.15, 0.2) is 0 Å². The molecule has 2 aromatic heterocycles. The van der Waals surface area contributed by atoms with Crippen molar-refractivity contribution in [2.75, 3.05) is 40.8 Å². The monoisotopic (exact) mass is 552 g/mol. The average Bonchev–Trinajstić information content (AvgIpc) is 3.62. The summed E-state index contributed by atoms with van der Waals surface area (Å²) in [4.78, 5) is 35.8. The van der Waals surface area contributed by atoms with Crippen molar-refractivity contribution >= 4 is 28.0 Å². The number of hydrogen-bond acceptors (Lipinski definition) is 6. The van der Waals surface area contributed by atoms with Crippen LogP contribution in [0.25, 0.3) is 22.1 Å². The topological polar surface area (TPSA) is 77.5 Å². The molecular formula is C32H36N6O3. The third-order valence-corrected chi connectivity index (χ3v) is 7.88. The molecule has 1 aliphatic rings. The second-order valence-electron chi connectivity index (χ2n) is 11.2. The van der Waals surface area contributed by atoms with Crippen LogP contribution in [-0.4, -0.2) is 81.3 Å². The number of likely N-dealkylation sites (N-methyl/N-ethyl adjacent to an activating group) is 2. The molecule has 3 aromatic carbocycles. The second-order valence-corrected chi connectivity index (χ2v) is 11.2. The number of likely N-dealkylation sites (tertiary alicyclic amines) is 1. The Balaban J connectivity index is 1.28. The first-order chi connectivity index (χ1) is 19.9. The van der Waals surface area contributed by atoms with Gasteiger partial charge >= 0.3 is 11.7 Å². The van der Waals surface area contributed by atoms with Crippen LogP contribution in [0.3, 0.4) is 0 Å². The molecule has 41 heavy (non-hydrogen) atoms. The Morgan fingerprint density at radius 2 is 1.56 bits per heavy atom. The SMILES string of the molecule is CN(C)CCn1c(Cn2c(=O)n(Cc3ccc(C(=O)OC4CCN(C)C4)cc3)c3ccccc32)nc2ccccc21. The van der Waals surface area contributed by atoms with Crippen LogP contribution >= 0.6 is 0 Å². The van der Waals surface area contributed by atoms with Gasteiger partial charge in [0.25, 0.3) is 0 Å². The van der Waals surface area contributed by atoms with Crippen LogP contribution in [0.5, 0.6) is 0 Å². The molecule has 5 aromatic rings. The molecule has 0 N–H and O–H groups in total. The van der Waals surface area contributed by atoms with Gasteiger partial charge in [0.05, 0.1) is 40.7 Å². The van der Waals surface area contributed by atoms with Crippen LogP contribution < -0.4 is 5.69 Å². The van der Waals surface area contributed by atoms with E-state index in [9.17, 15) is 9.59 Å². The van der Waals surface area contributed by atoms with Crippen LogP contribution in [0.4, 0.5) is 0 Å². The van der Waals surface area contributed by atoms with Crippen molar-refractivity contribution in [2.24, 2.45) is 0 Å². The molecule has 1 fully saturated rings. The Labute approximate surface area is 239 Å². The van der Waals surface area contributed by atoms with Gasteiger partial charge < -0.3 is 19.1 Å². The predicted octanol–water partition coefficient (Wildman–Crippen LogP) is 3.67. The maximum Gasteiger partial charge on any atom is 0.338 e. The standard InChI is InChI=1S/C32H36N6O3/c1-34(2)18-19-36-27-9-5-4-8-26(27)33-30(36)22-38-29-11-7-6-10-28(29)37(32(38)40)20-23-12-14-24(15-13-23)31(39)41-25-16-17-35(3)21-25/h4-15,25H,16-22H2,1-3H3. The number of para-hydroxylation sites is 4. The van der Waals surface area contributed by atoms with Crippen LogP contribution in [0.1, 0.15) is 28.2 Å². The molecule has 0 aliphatic carbocycles. The van der Waals surface area contributed by atoms with Gasteiger partial charge in [-0.1, -0.05) is 36.4 Å². The Kier molecular flexibility index (Phi) is 7.47. The number of fused-ring (bicyclic) bond motifs is 2. The van der Waals surface area contributed by atoms with E-state index in [-0.39, 0.29) is 17.8 Å². The lowest BCUT2D eigenvalue weighted by Gasteiger charge is -2.13. The lowest BCUT2D eigenvalue weighted by molar-refractivity contribution is 0.0327. The normalized spacial score (nSPS) is 15.9. The number of esters is 1. The van der Waals surface area contributed by atoms with Crippen molar-refractivity contribution in [3.63, 3.8) is 0 Å². The summed E-state index contributed by atoms with van der Waals surface area (Å²) < 4.78 is 11.5. The zero-order chi connectivity index (χ0) is 28.5. The first-order valence-corrected chi connectivity index (χ1v) is 14.1. The van der Waals surface area contributed by atoms with Crippen LogP contribution in [-0.2, 0) is 24.4 Å². The van der Waals surface area contributed by atoms with Crippen LogP contribution in [0.15, 0.2) is 77.6 Å². The van der Waals surface area contributed by atoms with E-state index in [1.54, 1.807) is 16.7 Å². The zero-order valence-electron chi connectivity index (χ0n) is 23.9. The smallest absolute Gasteiger partial charge is 0.338 e. The number of benzene rings is 3. The molecule has 0 saturated carbocycles. The van der Waals surface area contributed by atoms with Crippen LogP contribution in [0, 0.1) is 0 Å². The highest BCUT2D eigenvalue weighted by Crippen LogP contribution is 2.20. The van der Waals surface area contributed by atoms with E-state index in [1.165, 1.54) is 0 Å². The van der Waals surface area contributed by atoms with Gasteiger partial charge in [0, 0.05) is 26.2 Å². The summed E-state index contributed by atoms with van der Waals surface area (Å²) in [6.45, 7) is 4.12.